The standard InChI is InChI=1S/C30H33F2N3O2/c31-24-14-25(32)16-26(15-24)34-29(37)28(6-1-2-10-35-11-8-27(36)19-35)21-7-9-30(17-23(30)13-21)22-5-3-4-20(12-22)18-33/h3-6,12,14-16,21,23,27,36H,1-2,7-11,13,17,19H2,(H,34,37)/t21-,23?,27-,30-/m1/s1. The van der Waals surface area contributed by atoms with Gasteiger partial charge >= 0.3 is 0 Å². The number of hydrogen-bond acceptors (Lipinski definition) is 4. The maximum absolute atomic E-state index is 13.7. The Bertz CT molecular complexity index is 1220. The van der Waals surface area contributed by atoms with Gasteiger partial charge in [-0.3, -0.25) is 4.79 Å². The van der Waals surface area contributed by atoms with E-state index in [1.807, 2.05) is 24.3 Å². The Morgan fingerprint density at radius 3 is 2.73 bits per heavy atom. The molecule has 3 aliphatic rings. The third-order valence-corrected chi connectivity index (χ3v) is 8.42. The highest BCUT2D eigenvalue weighted by molar-refractivity contribution is 6.04. The van der Waals surface area contributed by atoms with Crippen LogP contribution in [-0.4, -0.2) is 41.7 Å². The topological polar surface area (TPSA) is 76.4 Å². The van der Waals surface area contributed by atoms with Crippen LogP contribution in [0.1, 0.15) is 56.1 Å². The lowest BCUT2D eigenvalue weighted by molar-refractivity contribution is -0.113. The molecule has 3 fully saturated rings. The van der Waals surface area contributed by atoms with E-state index >= 15 is 0 Å². The Kier molecular flexibility index (Phi) is 7.41. The fourth-order valence-corrected chi connectivity index (χ4v) is 6.43. The summed E-state index contributed by atoms with van der Waals surface area (Å²) < 4.78 is 27.4. The first-order valence-electron chi connectivity index (χ1n) is 13.2. The minimum absolute atomic E-state index is 0.0757. The van der Waals surface area contributed by atoms with Crippen molar-refractivity contribution < 1.29 is 18.7 Å². The molecule has 4 atom stereocenters. The molecule has 0 aromatic heterocycles. The molecular formula is C30H33F2N3O2. The van der Waals surface area contributed by atoms with Crippen LogP contribution >= 0.6 is 0 Å². The quantitative estimate of drug-likeness (QED) is 0.377. The largest absolute Gasteiger partial charge is 0.392 e. The average Bonchev–Trinajstić information content (AvgIpc) is 3.48. The number of halogens is 2. The number of allylic oxidation sites excluding steroid dienone is 1. The zero-order chi connectivity index (χ0) is 26.0. The van der Waals surface area contributed by atoms with Gasteiger partial charge in [0.15, 0.2) is 0 Å². The highest BCUT2D eigenvalue weighted by atomic mass is 19.1. The smallest absolute Gasteiger partial charge is 0.251 e. The van der Waals surface area contributed by atoms with Gasteiger partial charge in [-0.1, -0.05) is 18.2 Å². The van der Waals surface area contributed by atoms with Crippen molar-refractivity contribution in [3.05, 3.63) is 76.9 Å². The number of aliphatic hydroxyl groups is 1. The molecule has 0 radical (unpaired) electrons. The van der Waals surface area contributed by atoms with Crippen LogP contribution in [0.5, 0.6) is 0 Å². The second-order valence-corrected chi connectivity index (χ2v) is 10.9. The molecular weight excluding hydrogens is 472 g/mol. The SMILES string of the molecule is N#Cc1cccc([C@]23CC[C@@H](C(=CCCCN4CC[C@@H](O)C4)C(=O)Nc4cc(F)cc(F)c4)CC2C3)c1. The minimum atomic E-state index is -0.728. The molecule has 5 rings (SSSR count). The molecule has 1 saturated heterocycles. The van der Waals surface area contributed by atoms with E-state index in [-0.39, 0.29) is 29.0 Å². The third-order valence-electron chi connectivity index (χ3n) is 8.42. The summed E-state index contributed by atoms with van der Waals surface area (Å²) in [6, 6.07) is 13.2. The number of anilines is 1. The van der Waals surface area contributed by atoms with Crippen LogP contribution in [0.3, 0.4) is 0 Å². The molecule has 1 aliphatic heterocycles. The Labute approximate surface area is 216 Å². The molecule has 2 saturated carbocycles. The maximum Gasteiger partial charge on any atom is 0.251 e. The summed E-state index contributed by atoms with van der Waals surface area (Å²) in [4.78, 5) is 15.6. The van der Waals surface area contributed by atoms with E-state index in [4.69, 9.17) is 0 Å². The number of carbonyl (C=O) groups is 1. The molecule has 2 N–H and O–H groups in total. The fourth-order valence-electron chi connectivity index (χ4n) is 6.43. The Morgan fingerprint density at radius 1 is 1.22 bits per heavy atom. The predicted octanol–water partition coefficient (Wildman–Crippen LogP) is 5.31. The van der Waals surface area contributed by atoms with Gasteiger partial charge in [0, 0.05) is 30.4 Å². The van der Waals surface area contributed by atoms with Gasteiger partial charge in [-0.15, -0.1) is 0 Å². The van der Waals surface area contributed by atoms with Crippen LogP contribution in [0, 0.1) is 34.8 Å². The second kappa shape index (κ2) is 10.7. The molecule has 37 heavy (non-hydrogen) atoms. The summed E-state index contributed by atoms with van der Waals surface area (Å²) in [7, 11) is 0. The molecule has 7 heteroatoms. The van der Waals surface area contributed by atoms with Gasteiger partial charge in [0.05, 0.1) is 17.7 Å². The van der Waals surface area contributed by atoms with Crippen molar-refractivity contribution in [2.75, 3.05) is 25.0 Å². The number of rotatable bonds is 8. The third kappa shape index (κ3) is 5.76. The van der Waals surface area contributed by atoms with E-state index in [1.165, 1.54) is 5.56 Å². The van der Waals surface area contributed by atoms with Crippen LogP contribution in [0.2, 0.25) is 0 Å². The molecule has 1 unspecified atom stereocenters. The van der Waals surface area contributed by atoms with Gasteiger partial charge in [-0.2, -0.15) is 5.26 Å². The van der Waals surface area contributed by atoms with Crippen molar-refractivity contribution in [3.63, 3.8) is 0 Å². The van der Waals surface area contributed by atoms with Gasteiger partial charge < -0.3 is 15.3 Å². The van der Waals surface area contributed by atoms with Gasteiger partial charge in [-0.05, 0) is 98.6 Å². The van der Waals surface area contributed by atoms with Crippen LogP contribution in [-0.2, 0) is 10.2 Å². The second-order valence-electron chi connectivity index (χ2n) is 10.9. The number of amides is 1. The number of β-amino-alcohol motifs (C(OH)–C–C–N with tert-alkyl or cyclic N) is 1. The number of fused-ring (bicyclic) bond motifs is 1. The number of nitrogens with zero attached hydrogens (tertiary/aromatic N) is 2. The van der Waals surface area contributed by atoms with Crippen LogP contribution in [0.4, 0.5) is 14.5 Å². The van der Waals surface area contributed by atoms with Crippen molar-refractivity contribution in [1.82, 2.24) is 4.90 Å². The van der Waals surface area contributed by atoms with Gasteiger partial charge in [0.2, 0.25) is 0 Å². The van der Waals surface area contributed by atoms with Gasteiger partial charge in [0.25, 0.3) is 5.91 Å². The summed E-state index contributed by atoms with van der Waals surface area (Å²) in [5, 5.41) is 21.8. The summed E-state index contributed by atoms with van der Waals surface area (Å²) in [6.45, 7) is 2.45. The predicted molar refractivity (Wildman–Crippen MR) is 138 cm³/mol. The lowest BCUT2D eigenvalue weighted by Gasteiger charge is -2.30. The number of unbranched alkanes of at least 4 members (excludes halogenated alkanes) is 1. The number of nitriles is 1. The van der Waals surface area contributed by atoms with E-state index in [1.54, 1.807) is 0 Å². The first-order valence-corrected chi connectivity index (χ1v) is 13.2. The van der Waals surface area contributed by atoms with Crippen LogP contribution in [0.25, 0.3) is 0 Å². The van der Waals surface area contributed by atoms with Crippen molar-refractivity contribution in [2.45, 2.75) is 56.5 Å². The Hall–Kier alpha value is -3.08. The molecule has 1 heterocycles. The molecule has 2 aromatic carbocycles. The lowest BCUT2D eigenvalue weighted by Crippen LogP contribution is -2.27. The maximum atomic E-state index is 13.7. The van der Waals surface area contributed by atoms with Crippen molar-refractivity contribution in [1.29, 1.82) is 5.26 Å². The summed E-state index contributed by atoms with van der Waals surface area (Å²) in [5.74, 6) is -1.23. The monoisotopic (exact) mass is 505 g/mol. The first-order chi connectivity index (χ1) is 17.9. The van der Waals surface area contributed by atoms with E-state index in [9.17, 15) is 23.9 Å². The molecule has 194 valence electrons. The van der Waals surface area contributed by atoms with Crippen molar-refractivity contribution >= 4 is 11.6 Å². The van der Waals surface area contributed by atoms with Gasteiger partial charge in [0.1, 0.15) is 11.6 Å². The normalized spacial score (nSPS) is 27.4. The highest BCUT2D eigenvalue weighted by Crippen LogP contribution is 2.64. The number of hydrogen-bond donors (Lipinski definition) is 2. The van der Waals surface area contributed by atoms with E-state index < -0.39 is 11.6 Å². The summed E-state index contributed by atoms with van der Waals surface area (Å²) >= 11 is 0. The molecule has 2 aromatic rings. The fraction of sp³-hybridized carbons (Fsp3) is 0.467. The Morgan fingerprint density at radius 2 is 2.03 bits per heavy atom. The van der Waals surface area contributed by atoms with Crippen molar-refractivity contribution in [3.8, 4) is 6.07 Å². The molecule has 0 spiro atoms. The highest BCUT2D eigenvalue weighted by Gasteiger charge is 2.58. The first kappa shape index (κ1) is 25.6. The number of likely N-dealkylation sites (tertiary alicyclic amines) is 1. The summed E-state index contributed by atoms with van der Waals surface area (Å²) in [6.07, 6.45) is 7.89. The number of benzene rings is 2. The molecule has 0 bridgehead atoms. The molecule has 2 aliphatic carbocycles. The van der Waals surface area contributed by atoms with E-state index in [0.29, 0.717) is 23.6 Å². The Balaban J connectivity index is 1.29. The molecule has 5 nitrogen and oxygen atoms in total. The van der Waals surface area contributed by atoms with E-state index in [2.05, 4.69) is 22.4 Å². The van der Waals surface area contributed by atoms with Crippen LogP contribution < -0.4 is 5.32 Å². The average molecular weight is 506 g/mol. The van der Waals surface area contributed by atoms with Crippen LogP contribution in [0.15, 0.2) is 54.1 Å². The molecule has 1 amide bonds. The number of carbonyl (C=O) groups excluding carboxylic acids is 1. The number of aliphatic hydroxyl groups excluding tert-OH is 1. The number of nitrogens with one attached hydrogen (secondary N) is 1. The van der Waals surface area contributed by atoms with Crippen molar-refractivity contribution in [2.24, 2.45) is 11.8 Å². The van der Waals surface area contributed by atoms with E-state index in [0.717, 1.165) is 76.2 Å². The van der Waals surface area contributed by atoms with Gasteiger partial charge in [-0.25, -0.2) is 8.78 Å². The minimum Gasteiger partial charge on any atom is -0.392 e. The lowest BCUT2D eigenvalue weighted by atomic mass is 9.75. The zero-order valence-corrected chi connectivity index (χ0v) is 20.9. The zero-order valence-electron chi connectivity index (χ0n) is 20.9. The summed E-state index contributed by atoms with van der Waals surface area (Å²) in [5.41, 5.74) is 2.79.